The second-order valence-electron chi connectivity index (χ2n) is 7.41. The van der Waals surface area contributed by atoms with Crippen molar-refractivity contribution in [3.63, 3.8) is 0 Å². The van der Waals surface area contributed by atoms with Crippen LogP contribution < -0.4 is 4.74 Å². The van der Waals surface area contributed by atoms with Gasteiger partial charge in [-0.15, -0.1) is 0 Å². The molecule has 26 heavy (non-hydrogen) atoms. The fraction of sp³-hybridized carbons (Fsp3) is 0.364. The van der Waals surface area contributed by atoms with E-state index in [4.69, 9.17) is 9.47 Å². The van der Waals surface area contributed by atoms with Crippen LogP contribution in [0, 0.1) is 13.8 Å². The first kappa shape index (κ1) is 19.7. The maximum atomic E-state index is 12.0. The topological polar surface area (TPSA) is 52.6 Å². The summed E-state index contributed by atoms with van der Waals surface area (Å²) in [5.41, 5.74) is 3.79. The van der Waals surface area contributed by atoms with Gasteiger partial charge in [-0.25, -0.2) is 0 Å². The Morgan fingerprint density at radius 1 is 1.08 bits per heavy atom. The highest BCUT2D eigenvalue weighted by atomic mass is 16.6. The van der Waals surface area contributed by atoms with E-state index in [9.17, 15) is 9.59 Å². The van der Waals surface area contributed by atoms with Crippen LogP contribution in [0.2, 0.25) is 0 Å². The minimum Gasteiger partial charge on any atom is -0.489 e. The highest BCUT2D eigenvalue weighted by Crippen LogP contribution is 2.24. The quantitative estimate of drug-likeness (QED) is 0.563. The SMILES string of the molecule is Cc1ccc(OCc2cccc(CC(=O)OC(C)(C)C)c2)c(C)c1C=O. The molecule has 4 heteroatoms. The maximum absolute atomic E-state index is 12.0. The number of carbonyl (C=O) groups is 2. The molecule has 0 aromatic heterocycles. The second-order valence-corrected chi connectivity index (χ2v) is 7.41. The molecule has 0 saturated heterocycles. The molecule has 2 rings (SSSR count). The van der Waals surface area contributed by atoms with Crippen molar-refractivity contribution < 1.29 is 19.1 Å². The van der Waals surface area contributed by atoms with Crippen molar-refractivity contribution >= 4 is 12.3 Å². The second kappa shape index (κ2) is 8.17. The van der Waals surface area contributed by atoms with Gasteiger partial charge in [0.1, 0.15) is 18.0 Å². The molecule has 0 amide bonds. The predicted molar refractivity (Wildman–Crippen MR) is 102 cm³/mol. The lowest BCUT2D eigenvalue weighted by Gasteiger charge is -2.19. The largest absolute Gasteiger partial charge is 0.489 e. The van der Waals surface area contributed by atoms with E-state index in [-0.39, 0.29) is 12.4 Å². The van der Waals surface area contributed by atoms with Gasteiger partial charge in [0.15, 0.2) is 6.29 Å². The zero-order valence-electron chi connectivity index (χ0n) is 16.1. The van der Waals surface area contributed by atoms with E-state index >= 15 is 0 Å². The molecule has 0 unspecified atom stereocenters. The third-order valence-corrected chi connectivity index (χ3v) is 3.96. The van der Waals surface area contributed by atoms with Crippen LogP contribution in [-0.2, 0) is 22.6 Å². The van der Waals surface area contributed by atoms with Gasteiger partial charge in [0.25, 0.3) is 0 Å². The Morgan fingerprint density at radius 2 is 1.77 bits per heavy atom. The molecule has 2 aromatic rings. The van der Waals surface area contributed by atoms with Crippen molar-refractivity contribution in [2.45, 2.75) is 53.2 Å². The highest BCUT2D eigenvalue weighted by Gasteiger charge is 2.16. The van der Waals surface area contributed by atoms with Crippen LogP contribution in [-0.4, -0.2) is 17.9 Å². The molecule has 4 nitrogen and oxygen atoms in total. The zero-order valence-corrected chi connectivity index (χ0v) is 16.1. The summed E-state index contributed by atoms with van der Waals surface area (Å²) in [6, 6.07) is 11.4. The molecule has 0 aliphatic heterocycles. The number of aryl methyl sites for hydroxylation is 1. The van der Waals surface area contributed by atoms with E-state index in [0.29, 0.717) is 17.9 Å². The highest BCUT2D eigenvalue weighted by molar-refractivity contribution is 5.80. The van der Waals surface area contributed by atoms with Gasteiger partial charge >= 0.3 is 5.97 Å². The van der Waals surface area contributed by atoms with Gasteiger partial charge in [-0.2, -0.15) is 0 Å². The lowest BCUT2D eigenvalue weighted by atomic mass is 10.0. The van der Waals surface area contributed by atoms with Gasteiger partial charge < -0.3 is 9.47 Å². The minimum atomic E-state index is -0.489. The average Bonchev–Trinajstić information content (AvgIpc) is 2.53. The van der Waals surface area contributed by atoms with Crippen molar-refractivity contribution in [1.82, 2.24) is 0 Å². The molecular weight excluding hydrogens is 328 g/mol. The lowest BCUT2D eigenvalue weighted by Crippen LogP contribution is -2.24. The van der Waals surface area contributed by atoms with Crippen LogP contribution in [0.15, 0.2) is 36.4 Å². The third-order valence-electron chi connectivity index (χ3n) is 3.96. The molecule has 0 spiro atoms. The van der Waals surface area contributed by atoms with Crippen LogP contribution >= 0.6 is 0 Å². The van der Waals surface area contributed by atoms with Crippen molar-refractivity contribution in [1.29, 1.82) is 0 Å². The number of esters is 1. The van der Waals surface area contributed by atoms with Crippen LogP contribution in [0.4, 0.5) is 0 Å². The van der Waals surface area contributed by atoms with Gasteiger partial charge in [-0.1, -0.05) is 30.3 Å². The Morgan fingerprint density at radius 3 is 2.42 bits per heavy atom. The smallest absolute Gasteiger partial charge is 0.310 e. The summed E-state index contributed by atoms with van der Waals surface area (Å²) in [7, 11) is 0. The molecular formula is C22H26O4. The first-order chi connectivity index (χ1) is 12.2. The fourth-order valence-electron chi connectivity index (χ4n) is 2.72. The Kier molecular flexibility index (Phi) is 6.19. The summed E-state index contributed by atoms with van der Waals surface area (Å²) in [5, 5.41) is 0. The van der Waals surface area contributed by atoms with Gasteiger partial charge in [-0.3, -0.25) is 9.59 Å². The number of hydrogen-bond acceptors (Lipinski definition) is 4. The standard InChI is InChI=1S/C22H26O4/c1-15-9-10-20(16(2)19(15)13-23)25-14-18-8-6-7-17(11-18)12-21(24)26-22(3,4)5/h6-11,13H,12,14H2,1-5H3. The van der Waals surface area contributed by atoms with Crippen LogP contribution in [0.1, 0.15) is 53.4 Å². The summed E-state index contributed by atoms with van der Waals surface area (Å²) in [4.78, 5) is 23.2. The molecule has 2 aromatic carbocycles. The first-order valence-electron chi connectivity index (χ1n) is 8.67. The van der Waals surface area contributed by atoms with Crippen molar-refractivity contribution in [2.24, 2.45) is 0 Å². The number of rotatable bonds is 6. The molecule has 0 aliphatic rings. The third kappa shape index (κ3) is 5.45. The van der Waals surface area contributed by atoms with E-state index in [1.54, 1.807) is 0 Å². The Bertz CT molecular complexity index is 800. The van der Waals surface area contributed by atoms with Crippen molar-refractivity contribution in [2.75, 3.05) is 0 Å². The molecule has 0 atom stereocenters. The van der Waals surface area contributed by atoms with Crippen LogP contribution in [0.5, 0.6) is 5.75 Å². The van der Waals surface area contributed by atoms with Crippen molar-refractivity contribution in [3.05, 3.63) is 64.2 Å². The summed E-state index contributed by atoms with van der Waals surface area (Å²) < 4.78 is 11.2. The molecule has 0 radical (unpaired) electrons. The average molecular weight is 354 g/mol. The van der Waals surface area contributed by atoms with E-state index in [1.165, 1.54) is 0 Å². The van der Waals surface area contributed by atoms with Crippen molar-refractivity contribution in [3.8, 4) is 5.75 Å². The van der Waals surface area contributed by atoms with Gasteiger partial charge in [-0.05, 0) is 57.4 Å². The number of aldehydes is 1. The zero-order chi connectivity index (χ0) is 19.3. The molecule has 0 aliphatic carbocycles. The normalized spacial score (nSPS) is 11.1. The van der Waals surface area contributed by atoms with Gasteiger partial charge in [0, 0.05) is 11.1 Å². The minimum absolute atomic E-state index is 0.226. The number of benzene rings is 2. The number of hydrogen-bond donors (Lipinski definition) is 0. The Labute approximate surface area is 155 Å². The van der Waals surface area contributed by atoms with Gasteiger partial charge in [0.05, 0.1) is 6.42 Å². The summed E-state index contributed by atoms with van der Waals surface area (Å²) in [6.45, 7) is 9.71. The fourth-order valence-corrected chi connectivity index (χ4v) is 2.72. The van der Waals surface area contributed by atoms with E-state index in [0.717, 1.165) is 28.5 Å². The maximum Gasteiger partial charge on any atom is 0.310 e. The monoisotopic (exact) mass is 354 g/mol. The first-order valence-corrected chi connectivity index (χ1v) is 8.67. The summed E-state index contributed by atoms with van der Waals surface area (Å²) in [6.07, 6.45) is 1.09. The molecule has 138 valence electrons. The summed E-state index contributed by atoms with van der Waals surface area (Å²) in [5.74, 6) is 0.441. The Balaban J connectivity index is 2.05. The van der Waals surface area contributed by atoms with Crippen LogP contribution in [0.25, 0.3) is 0 Å². The molecule has 0 saturated carbocycles. The molecule has 0 bridgehead atoms. The molecule has 0 heterocycles. The van der Waals surface area contributed by atoms with E-state index in [2.05, 4.69) is 0 Å². The van der Waals surface area contributed by atoms with E-state index in [1.807, 2.05) is 71.0 Å². The molecule has 0 N–H and O–H groups in total. The predicted octanol–water partition coefficient (Wildman–Crippen LogP) is 4.58. The lowest BCUT2D eigenvalue weighted by molar-refractivity contribution is -0.153. The number of ether oxygens (including phenoxy) is 2. The van der Waals surface area contributed by atoms with Crippen LogP contribution in [0.3, 0.4) is 0 Å². The molecule has 0 fully saturated rings. The number of carbonyl (C=O) groups excluding carboxylic acids is 2. The summed E-state index contributed by atoms with van der Waals surface area (Å²) >= 11 is 0. The van der Waals surface area contributed by atoms with Gasteiger partial charge in [0.2, 0.25) is 0 Å². The van der Waals surface area contributed by atoms with E-state index < -0.39 is 5.60 Å². The Hall–Kier alpha value is -2.62.